The van der Waals surface area contributed by atoms with Gasteiger partial charge in [-0.25, -0.2) is 0 Å². The summed E-state index contributed by atoms with van der Waals surface area (Å²) in [6.45, 7) is 4.56. The lowest BCUT2D eigenvalue weighted by atomic mass is 10.1. The van der Waals surface area contributed by atoms with Gasteiger partial charge in [-0.1, -0.05) is 24.3 Å². The van der Waals surface area contributed by atoms with Gasteiger partial charge in [0.25, 0.3) is 0 Å². The molecule has 0 aliphatic heterocycles. The topological polar surface area (TPSA) is 18.5 Å². The lowest BCUT2D eigenvalue weighted by molar-refractivity contribution is 0.242. The smallest absolute Gasteiger partial charge is 0.119 e. The summed E-state index contributed by atoms with van der Waals surface area (Å²) < 4.78 is 11.2. The molecule has 2 aromatic rings. The first-order valence-corrected chi connectivity index (χ1v) is 7.28. The van der Waals surface area contributed by atoms with Gasteiger partial charge in [-0.15, -0.1) is 11.6 Å². The first-order valence-electron chi connectivity index (χ1n) is 6.75. The van der Waals surface area contributed by atoms with Gasteiger partial charge in [0.05, 0.1) is 12.0 Å². The van der Waals surface area contributed by atoms with E-state index in [0.717, 1.165) is 22.6 Å². The molecule has 106 valence electrons. The van der Waals surface area contributed by atoms with Crippen LogP contribution in [0.5, 0.6) is 11.5 Å². The minimum atomic E-state index is 0.188. The number of hydrogen-bond acceptors (Lipinski definition) is 2. The van der Waals surface area contributed by atoms with Gasteiger partial charge in [0.15, 0.2) is 0 Å². The molecule has 0 amide bonds. The third-order valence-corrected chi connectivity index (χ3v) is 2.89. The zero-order chi connectivity index (χ0) is 14.4. The number of halogens is 1. The standard InChI is InChI=1S/C17H19ClO2/c1-13(2)20-16-8-6-14(7-9-16)15-4-3-5-17(12-15)19-11-10-18/h3-9,12-13H,10-11H2,1-2H3. The van der Waals surface area contributed by atoms with Crippen LogP contribution < -0.4 is 9.47 Å². The lowest BCUT2D eigenvalue weighted by Gasteiger charge is -2.11. The minimum absolute atomic E-state index is 0.188. The van der Waals surface area contributed by atoms with Crippen molar-refractivity contribution in [3.05, 3.63) is 48.5 Å². The van der Waals surface area contributed by atoms with E-state index in [9.17, 15) is 0 Å². The molecule has 0 fully saturated rings. The maximum atomic E-state index is 5.64. The van der Waals surface area contributed by atoms with Crippen molar-refractivity contribution < 1.29 is 9.47 Å². The first kappa shape index (κ1) is 14.7. The van der Waals surface area contributed by atoms with Gasteiger partial charge in [0.1, 0.15) is 18.1 Å². The highest BCUT2D eigenvalue weighted by Gasteiger charge is 2.02. The summed E-state index contributed by atoms with van der Waals surface area (Å²) in [4.78, 5) is 0. The third kappa shape index (κ3) is 4.17. The van der Waals surface area contributed by atoms with Gasteiger partial charge in [0.2, 0.25) is 0 Å². The molecule has 0 aliphatic rings. The normalized spacial score (nSPS) is 10.6. The van der Waals surface area contributed by atoms with E-state index in [1.165, 1.54) is 0 Å². The summed E-state index contributed by atoms with van der Waals surface area (Å²) >= 11 is 5.63. The summed E-state index contributed by atoms with van der Waals surface area (Å²) in [5, 5.41) is 0. The number of hydrogen-bond donors (Lipinski definition) is 0. The van der Waals surface area contributed by atoms with Crippen LogP contribution in [0.3, 0.4) is 0 Å². The second-order valence-corrected chi connectivity index (χ2v) is 5.13. The predicted molar refractivity (Wildman–Crippen MR) is 83.9 cm³/mol. The van der Waals surface area contributed by atoms with Gasteiger partial charge >= 0.3 is 0 Å². The van der Waals surface area contributed by atoms with Crippen LogP contribution in [0, 0.1) is 0 Å². The molecule has 0 heterocycles. The monoisotopic (exact) mass is 290 g/mol. The molecule has 0 atom stereocenters. The molecular formula is C17H19ClO2. The Morgan fingerprint density at radius 1 is 0.950 bits per heavy atom. The lowest BCUT2D eigenvalue weighted by Crippen LogP contribution is -2.05. The van der Waals surface area contributed by atoms with E-state index in [1.54, 1.807) is 0 Å². The maximum absolute atomic E-state index is 5.64. The Labute approximate surface area is 125 Å². The summed E-state index contributed by atoms with van der Waals surface area (Å²) in [6.07, 6.45) is 0.188. The average Bonchev–Trinajstić information content (AvgIpc) is 2.45. The molecule has 2 aromatic carbocycles. The molecule has 0 aliphatic carbocycles. The van der Waals surface area contributed by atoms with Crippen molar-refractivity contribution >= 4 is 11.6 Å². The van der Waals surface area contributed by atoms with E-state index >= 15 is 0 Å². The molecule has 0 saturated carbocycles. The molecule has 0 N–H and O–H groups in total. The van der Waals surface area contributed by atoms with Crippen molar-refractivity contribution in [3.63, 3.8) is 0 Å². The van der Waals surface area contributed by atoms with Gasteiger partial charge in [-0.05, 0) is 49.2 Å². The van der Waals surface area contributed by atoms with Crippen LogP contribution in [-0.4, -0.2) is 18.6 Å². The van der Waals surface area contributed by atoms with Crippen LogP contribution in [0.15, 0.2) is 48.5 Å². The molecule has 20 heavy (non-hydrogen) atoms. The highest BCUT2D eigenvalue weighted by atomic mass is 35.5. The Morgan fingerprint density at radius 2 is 1.70 bits per heavy atom. The Balaban J connectivity index is 2.14. The van der Waals surface area contributed by atoms with E-state index < -0.39 is 0 Å². The average molecular weight is 291 g/mol. The molecule has 0 radical (unpaired) electrons. The highest BCUT2D eigenvalue weighted by molar-refractivity contribution is 6.18. The summed E-state index contributed by atoms with van der Waals surface area (Å²) in [5.74, 6) is 2.22. The van der Waals surface area contributed by atoms with E-state index in [-0.39, 0.29) is 6.10 Å². The Bertz CT molecular complexity index is 535. The fourth-order valence-corrected chi connectivity index (χ4v) is 2.00. The molecule has 0 saturated heterocycles. The van der Waals surface area contributed by atoms with E-state index in [1.807, 2.05) is 44.2 Å². The predicted octanol–water partition coefficient (Wildman–Crippen LogP) is 4.76. The van der Waals surface area contributed by atoms with Crippen LogP contribution in [0.4, 0.5) is 0 Å². The number of alkyl halides is 1. The highest BCUT2D eigenvalue weighted by Crippen LogP contribution is 2.26. The number of ether oxygens (including phenoxy) is 2. The molecular weight excluding hydrogens is 272 g/mol. The molecule has 2 rings (SSSR count). The van der Waals surface area contributed by atoms with E-state index in [2.05, 4.69) is 18.2 Å². The number of benzene rings is 2. The van der Waals surface area contributed by atoms with E-state index in [0.29, 0.717) is 12.5 Å². The van der Waals surface area contributed by atoms with Gasteiger partial charge in [-0.3, -0.25) is 0 Å². The zero-order valence-electron chi connectivity index (χ0n) is 11.8. The fourth-order valence-electron chi connectivity index (χ4n) is 1.92. The van der Waals surface area contributed by atoms with Crippen LogP contribution in [0.2, 0.25) is 0 Å². The Kier molecular flexibility index (Phi) is 5.31. The summed E-state index contributed by atoms with van der Waals surface area (Å²) in [5.41, 5.74) is 2.26. The quantitative estimate of drug-likeness (QED) is 0.714. The van der Waals surface area contributed by atoms with Gasteiger partial charge in [-0.2, -0.15) is 0 Å². The largest absolute Gasteiger partial charge is 0.492 e. The molecule has 3 heteroatoms. The van der Waals surface area contributed by atoms with Crippen molar-refractivity contribution in [1.29, 1.82) is 0 Å². The van der Waals surface area contributed by atoms with Gasteiger partial charge < -0.3 is 9.47 Å². The fraction of sp³-hybridized carbons (Fsp3) is 0.294. The minimum Gasteiger partial charge on any atom is -0.492 e. The van der Waals surface area contributed by atoms with Crippen LogP contribution in [0.1, 0.15) is 13.8 Å². The second kappa shape index (κ2) is 7.20. The summed E-state index contributed by atoms with van der Waals surface area (Å²) in [7, 11) is 0. The molecule has 0 unspecified atom stereocenters. The second-order valence-electron chi connectivity index (χ2n) is 4.76. The van der Waals surface area contributed by atoms with Gasteiger partial charge in [0, 0.05) is 0 Å². The zero-order valence-corrected chi connectivity index (χ0v) is 12.6. The molecule has 0 aromatic heterocycles. The van der Waals surface area contributed by atoms with Crippen molar-refractivity contribution in [2.45, 2.75) is 20.0 Å². The van der Waals surface area contributed by atoms with Crippen LogP contribution in [-0.2, 0) is 0 Å². The van der Waals surface area contributed by atoms with Crippen LogP contribution >= 0.6 is 11.6 Å². The maximum Gasteiger partial charge on any atom is 0.119 e. The Morgan fingerprint density at radius 3 is 2.35 bits per heavy atom. The Hall–Kier alpha value is -1.67. The third-order valence-electron chi connectivity index (χ3n) is 2.74. The first-order chi connectivity index (χ1) is 9.69. The molecule has 0 spiro atoms. The van der Waals surface area contributed by atoms with Crippen molar-refractivity contribution in [2.75, 3.05) is 12.5 Å². The van der Waals surface area contributed by atoms with Crippen LogP contribution in [0.25, 0.3) is 11.1 Å². The number of rotatable bonds is 6. The SMILES string of the molecule is CC(C)Oc1ccc(-c2cccc(OCCCl)c2)cc1. The molecule has 0 bridgehead atoms. The molecule has 2 nitrogen and oxygen atoms in total. The van der Waals surface area contributed by atoms with E-state index in [4.69, 9.17) is 21.1 Å². The van der Waals surface area contributed by atoms with Crippen molar-refractivity contribution in [1.82, 2.24) is 0 Å². The van der Waals surface area contributed by atoms with Crippen molar-refractivity contribution in [3.8, 4) is 22.6 Å². The van der Waals surface area contributed by atoms with Crippen molar-refractivity contribution in [2.24, 2.45) is 0 Å². The summed E-state index contributed by atoms with van der Waals surface area (Å²) in [6, 6.07) is 16.1.